The predicted molar refractivity (Wildman–Crippen MR) is 28.3 cm³/mol. The average molecular weight is 82.1 g/mol. The standard InChI is InChI=1S/C6H10/c1-4-5-6(2)3/h4,6H,1H2,2-3H3. The molecule has 6 heavy (non-hydrogen) atoms. The summed E-state index contributed by atoms with van der Waals surface area (Å²) < 4.78 is 0. The van der Waals surface area contributed by atoms with Gasteiger partial charge in [0.05, 0.1) is 0 Å². The van der Waals surface area contributed by atoms with E-state index < -0.39 is 0 Å². The van der Waals surface area contributed by atoms with Crippen LogP contribution in [-0.4, -0.2) is 0 Å². The Morgan fingerprint density at radius 3 is 2.17 bits per heavy atom. The van der Waals surface area contributed by atoms with Crippen LogP contribution in [0.3, 0.4) is 0 Å². The fourth-order valence-corrected chi connectivity index (χ4v) is 0.236. The summed E-state index contributed by atoms with van der Waals surface area (Å²) in [7, 11) is 0. The van der Waals surface area contributed by atoms with E-state index in [1.807, 2.05) is 0 Å². The van der Waals surface area contributed by atoms with E-state index in [-0.39, 0.29) is 0 Å². The van der Waals surface area contributed by atoms with Gasteiger partial charge in [0.1, 0.15) is 0 Å². The highest BCUT2D eigenvalue weighted by Crippen LogP contribution is 1.95. The topological polar surface area (TPSA) is 0 Å². The molecule has 0 atom stereocenters. The molecule has 0 amide bonds. The van der Waals surface area contributed by atoms with Crippen molar-refractivity contribution < 1.29 is 0 Å². The maximum atomic E-state index is 3.49. The van der Waals surface area contributed by atoms with Crippen LogP contribution in [-0.2, 0) is 0 Å². The Bertz CT molecular complexity index is 35.3. The quantitative estimate of drug-likeness (QED) is 0.477. The summed E-state index contributed by atoms with van der Waals surface area (Å²) in [5, 5.41) is 0. The molecular weight excluding hydrogens is 72.1 g/mol. The van der Waals surface area contributed by atoms with E-state index in [1.165, 1.54) is 0 Å². The molecule has 0 aliphatic carbocycles. The van der Waals surface area contributed by atoms with Gasteiger partial charge in [-0.25, -0.2) is 0 Å². The molecule has 0 unspecified atom stereocenters. The molecule has 0 aromatic rings. The first-order valence-corrected chi connectivity index (χ1v) is 2.14. The highest BCUT2D eigenvalue weighted by Gasteiger charge is 1.84. The first-order valence-electron chi connectivity index (χ1n) is 2.14. The van der Waals surface area contributed by atoms with E-state index in [4.69, 9.17) is 0 Å². The summed E-state index contributed by atoms with van der Waals surface area (Å²) in [6, 6.07) is 0. The van der Waals surface area contributed by atoms with E-state index in [2.05, 4.69) is 26.8 Å². The maximum absolute atomic E-state index is 3.49. The fraction of sp³-hybridized carbons (Fsp3) is 0.500. The molecule has 0 heteroatoms. The lowest BCUT2D eigenvalue weighted by Crippen LogP contribution is -1.80. The van der Waals surface area contributed by atoms with Crippen LogP contribution < -0.4 is 0 Å². The van der Waals surface area contributed by atoms with E-state index in [1.54, 1.807) is 6.08 Å². The van der Waals surface area contributed by atoms with Gasteiger partial charge in [-0.3, -0.25) is 0 Å². The Hall–Kier alpha value is -0.260. The minimum absolute atomic E-state index is 0.530. The van der Waals surface area contributed by atoms with Crippen LogP contribution in [0.4, 0.5) is 0 Å². The normalized spacial score (nSPS) is 9.17. The van der Waals surface area contributed by atoms with Crippen LogP contribution in [0.15, 0.2) is 12.7 Å². The van der Waals surface area contributed by atoms with Gasteiger partial charge < -0.3 is 0 Å². The van der Waals surface area contributed by atoms with Crippen LogP contribution in [0.25, 0.3) is 0 Å². The highest BCUT2D eigenvalue weighted by molar-refractivity contribution is 4.88. The number of hydrogen-bond donors (Lipinski definition) is 0. The van der Waals surface area contributed by atoms with Crippen LogP contribution in [0, 0.1) is 12.3 Å². The molecule has 0 N–H and O–H groups in total. The zero-order chi connectivity index (χ0) is 4.99. The molecular formula is C6H10. The lowest BCUT2D eigenvalue weighted by atomic mass is 10.1. The third-order valence-electron chi connectivity index (χ3n) is 0.451. The van der Waals surface area contributed by atoms with Crippen molar-refractivity contribution >= 4 is 0 Å². The van der Waals surface area contributed by atoms with Gasteiger partial charge in [-0.15, -0.1) is 6.58 Å². The van der Waals surface area contributed by atoms with Crippen molar-refractivity contribution in [1.29, 1.82) is 0 Å². The summed E-state index contributed by atoms with van der Waals surface area (Å²) in [6.45, 7) is 7.63. The zero-order valence-electron chi connectivity index (χ0n) is 4.36. The SMILES string of the molecule is C=C[C]C(C)C. The third kappa shape index (κ3) is 3.74. The Labute approximate surface area is 39.9 Å². The maximum Gasteiger partial charge on any atom is 0.0106 e. The average Bonchev–Trinajstić information content (AvgIpc) is 1.35. The first-order chi connectivity index (χ1) is 2.77. The monoisotopic (exact) mass is 82.1 g/mol. The smallest absolute Gasteiger partial charge is 0.0106 e. The molecule has 0 spiro atoms. The van der Waals surface area contributed by atoms with Crippen molar-refractivity contribution in [3.05, 3.63) is 19.1 Å². The highest BCUT2D eigenvalue weighted by atomic mass is 13.9. The van der Waals surface area contributed by atoms with Gasteiger partial charge in [0.25, 0.3) is 0 Å². The molecule has 0 saturated carbocycles. The minimum Gasteiger partial charge on any atom is -0.102 e. The second-order valence-electron chi connectivity index (χ2n) is 1.53. The fourth-order valence-electron chi connectivity index (χ4n) is 0.236. The Morgan fingerprint density at radius 1 is 1.67 bits per heavy atom. The van der Waals surface area contributed by atoms with Gasteiger partial charge in [0.15, 0.2) is 0 Å². The van der Waals surface area contributed by atoms with Gasteiger partial charge >= 0.3 is 0 Å². The molecule has 0 heterocycles. The van der Waals surface area contributed by atoms with Gasteiger partial charge in [0, 0.05) is 6.42 Å². The first kappa shape index (κ1) is 5.74. The molecule has 34 valence electrons. The van der Waals surface area contributed by atoms with Crippen LogP contribution >= 0.6 is 0 Å². The summed E-state index contributed by atoms with van der Waals surface area (Å²) in [4.78, 5) is 0. The summed E-state index contributed by atoms with van der Waals surface area (Å²) in [5.74, 6) is 0.530. The van der Waals surface area contributed by atoms with Crippen molar-refractivity contribution in [1.82, 2.24) is 0 Å². The molecule has 0 aliphatic heterocycles. The van der Waals surface area contributed by atoms with E-state index in [0.717, 1.165) is 0 Å². The van der Waals surface area contributed by atoms with Crippen molar-refractivity contribution in [2.45, 2.75) is 13.8 Å². The minimum atomic E-state index is 0.530. The largest absolute Gasteiger partial charge is 0.102 e. The molecule has 2 radical (unpaired) electrons. The van der Waals surface area contributed by atoms with E-state index in [9.17, 15) is 0 Å². The Balaban J connectivity index is 2.81. The van der Waals surface area contributed by atoms with Gasteiger partial charge in [-0.1, -0.05) is 19.9 Å². The number of allylic oxidation sites excluding steroid dienone is 1. The Morgan fingerprint density at radius 2 is 2.17 bits per heavy atom. The van der Waals surface area contributed by atoms with Crippen molar-refractivity contribution in [2.75, 3.05) is 0 Å². The second-order valence-corrected chi connectivity index (χ2v) is 1.53. The van der Waals surface area contributed by atoms with Gasteiger partial charge in [-0.2, -0.15) is 0 Å². The lowest BCUT2D eigenvalue weighted by molar-refractivity contribution is 0.786. The van der Waals surface area contributed by atoms with Crippen molar-refractivity contribution in [2.24, 2.45) is 5.92 Å². The van der Waals surface area contributed by atoms with E-state index >= 15 is 0 Å². The Kier molecular flexibility index (Phi) is 2.82. The molecule has 0 saturated heterocycles. The summed E-state index contributed by atoms with van der Waals surface area (Å²) in [6.07, 6.45) is 4.67. The summed E-state index contributed by atoms with van der Waals surface area (Å²) in [5.41, 5.74) is 0. The zero-order valence-corrected chi connectivity index (χ0v) is 4.36. The third-order valence-corrected chi connectivity index (χ3v) is 0.451. The van der Waals surface area contributed by atoms with Gasteiger partial charge in [0.2, 0.25) is 0 Å². The molecule has 0 aromatic heterocycles. The second kappa shape index (κ2) is 2.95. The molecule has 0 nitrogen and oxygen atoms in total. The van der Waals surface area contributed by atoms with Crippen LogP contribution in [0.1, 0.15) is 13.8 Å². The van der Waals surface area contributed by atoms with Crippen molar-refractivity contribution in [3.63, 3.8) is 0 Å². The lowest BCUT2D eigenvalue weighted by Gasteiger charge is -1.91. The summed E-state index contributed by atoms with van der Waals surface area (Å²) >= 11 is 0. The van der Waals surface area contributed by atoms with Gasteiger partial charge in [-0.05, 0) is 5.92 Å². The van der Waals surface area contributed by atoms with Crippen LogP contribution in [0.5, 0.6) is 0 Å². The van der Waals surface area contributed by atoms with E-state index in [0.29, 0.717) is 5.92 Å². The number of rotatable bonds is 2. The number of hydrogen-bond acceptors (Lipinski definition) is 0. The molecule has 0 aromatic carbocycles. The molecule has 0 bridgehead atoms. The molecule has 0 fully saturated rings. The predicted octanol–water partition coefficient (Wildman–Crippen LogP) is 1.91. The van der Waals surface area contributed by atoms with Crippen molar-refractivity contribution in [3.8, 4) is 0 Å². The molecule has 0 aliphatic rings. The van der Waals surface area contributed by atoms with Crippen LogP contribution in [0.2, 0.25) is 0 Å². The molecule has 0 rings (SSSR count).